The molecule has 2 saturated heterocycles. The minimum Gasteiger partial charge on any atom is -0.392 e. The highest BCUT2D eigenvalue weighted by molar-refractivity contribution is 7.09. The molecule has 0 radical (unpaired) electrons. The van der Waals surface area contributed by atoms with Crippen LogP contribution in [0.15, 0.2) is 11.0 Å². The third-order valence-corrected chi connectivity index (χ3v) is 8.83. The number of nitrogens with zero attached hydrogens (tertiary/aromatic N) is 1. The molecule has 7 unspecified atom stereocenters. The van der Waals surface area contributed by atoms with Crippen LogP contribution in [0.3, 0.4) is 0 Å². The first-order valence-electron chi connectivity index (χ1n) is 12.7. The van der Waals surface area contributed by atoms with Gasteiger partial charge in [-0.1, -0.05) is 27.7 Å². The molecule has 3 N–H and O–H groups in total. The van der Waals surface area contributed by atoms with E-state index in [2.05, 4.69) is 10.3 Å². The number of nitrogens with one attached hydrogen (secondary N) is 1. The molecule has 1 amide bonds. The zero-order valence-corrected chi connectivity index (χ0v) is 23.1. The average Bonchev–Trinajstić information content (AvgIpc) is 3.26. The summed E-state index contributed by atoms with van der Waals surface area (Å²) in [6.45, 7) is 12.2. The van der Waals surface area contributed by atoms with Gasteiger partial charge in [-0.25, -0.2) is 4.98 Å². The molecule has 1 aromatic heterocycles. The Labute approximate surface area is 217 Å². The Kier molecular flexibility index (Phi) is 8.60. The number of amides is 1. The number of rotatable bonds is 2. The summed E-state index contributed by atoms with van der Waals surface area (Å²) in [5.41, 5.74) is -0.0663. The minimum atomic E-state index is -1.28. The fourth-order valence-corrected chi connectivity index (χ4v) is 5.54. The number of aromatic nitrogens is 1. The molecule has 3 heterocycles. The van der Waals surface area contributed by atoms with Crippen LogP contribution in [0.25, 0.3) is 6.08 Å². The van der Waals surface area contributed by atoms with Crippen molar-refractivity contribution < 1.29 is 29.3 Å². The Morgan fingerprint density at radius 1 is 1.19 bits per heavy atom. The number of fused-ring (bicyclic) bond motifs is 1. The zero-order chi connectivity index (χ0) is 27.0. The monoisotopic (exact) mass is 520 g/mol. The molecule has 36 heavy (non-hydrogen) atoms. The topological polar surface area (TPSA) is 129 Å². The molecule has 0 spiro atoms. The summed E-state index contributed by atoms with van der Waals surface area (Å²) in [6.07, 6.45) is 0.321. The molecule has 9 heteroatoms. The van der Waals surface area contributed by atoms with Gasteiger partial charge in [0.2, 0.25) is 5.91 Å². The maximum Gasteiger partial charge on any atom is 0.223 e. The Balaban J connectivity index is 1.89. The van der Waals surface area contributed by atoms with Gasteiger partial charge in [-0.05, 0) is 38.8 Å². The number of thiazole rings is 1. The van der Waals surface area contributed by atoms with Crippen molar-refractivity contribution in [2.45, 2.75) is 104 Å². The van der Waals surface area contributed by atoms with Crippen molar-refractivity contribution in [3.8, 4) is 0 Å². The van der Waals surface area contributed by atoms with Crippen LogP contribution in [0.2, 0.25) is 0 Å². The van der Waals surface area contributed by atoms with E-state index < -0.39 is 35.1 Å². The molecule has 2 aliphatic rings. The lowest BCUT2D eigenvalue weighted by Crippen LogP contribution is -2.48. The van der Waals surface area contributed by atoms with Gasteiger partial charge in [-0.3, -0.25) is 14.4 Å². The first-order valence-corrected chi connectivity index (χ1v) is 13.5. The zero-order valence-electron chi connectivity index (χ0n) is 22.3. The number of carbonyl (C=O) groups excluding carboxylic acids is 3. The number of ketones is 2. The average molecular weight is 521 g/mol. The van der Waals surface area contributed by atoms with Gasteiger partial charge in [0.1, 0.15) is 11.6 Å². The summed E-state index contributed by atoms with van der Waals surface area (Å²) in [6, 6.07) is -0.361. The highest BCUT2D eigenvalue weighted by atomic mass is 32.1. The fraction of sp³-hybridized carbons (Fsp3) is 0.704. The Morgan fingerprint density at radius 3 is 2.47 bits per heavy atom. The van der Waals surface area contributed by atoms with E-state index >= 15 is 0 Å². The fourth-order valence-electron chi connectivity index (χ4n) is 4.97. The van der Waals surface area contributed by atoms with E-state index in [1.807, 2.05) is 32.2 Å². The van der Waals surface area contributed by atoms with Crippen LogP contribution in [-0.4, -0.2) is 62.6 Å². The van der Waals surface area contributed by atoms with Crippen LogP contribution in [-0.2, 0) is 19.1 Å². The maximum absolute atomic E-state index is 13.2. The lowest BCUT2D eigenvalue weighted by atomic mass is 9.72. The molecule has 1 aromatic rings. The van der Waals surface area contributed by atoms with Crippen molar-refractivity contribution in [2.75, 3.05) is 0 Å². The van der Waals surface area contributed by atoms with Gasteiger partial charge in [0.05, 0.1) is 52.5 Å². The van der Waals surface area contributed by atoms with E-state index in [0.717, 1.165) is 16.3 Å². The molecular weight excluding hydrogens is 480 g/mol. The van der Waals surface area contributed by atoms with Crippen molar-refractivity contribution in [1.82, 2.24) is 10.3 Å². The molecular formula is C27H40N2O6S. The van der Waals surface area contributed by atoms with Crippen LogP contribution in [0.5, 0.6) is 0 Å². The quantitative estimate of drug-likeness (QED) is 0.511. The minimum absolute atomic E-state index is 0.122. The lowest BCUT2D eigenvalue weighted by Gasteiger charge is -2.34. The summed E-state index contributed by atoms with van der Waals surface area (Å²) in [4.78, 5) is 43.6. The number of epoxide rings is 1. The number of ether oxygens (including phenoxy) is 1. The second kappa shape index (κ2) is 10.8. The number of aliphatic hydroxyl groups excluding tert-OH is 2. The molecule has 8 nitrogen and oxygen atoms in total. The molecule has 200 valence electrons. The summed E-state index contributed by atoms with van der Waals surface area (Å²) < 4.78 is 5.99. The van der Waals surface area contributed by atoms with E-state index in [-0.39, 0.29) is 42.5 Å². The standard InChI is InChI=1S/C27H40N2O6S/c1-14(10-18-13-36-17(4)28-18)19-11-22-27(7,35-22)9-8-20(30)15(2)24(33)16(3)25(34)26(5,6)21(31)12-23(32)29-19/h10,13,15-16,19,21-22,24,31,33H,8-9,11-12H2,1-7H3,(H,29,32)/b14-10+. The molecule has 3 rings (SSSR count). The van der Waals surface area contributed by atoms with E-state index in [4.69, 9.17) is 4.74 Å². The first kappa shape index (κ1) is 28.6. The largest absolute Gasteiger partial charge is 0.392 e. The predicted octanol–water partition coefficient (Wildman–Crippen LogP) is 3.23. The maximum atomic E-state index is 13.2. The highest BCUT2D eigenvalue weighted by Crippen LogP contribution is 2.44. The second-order valence-corrected chi connectivity index (χ2v) is 12.4. The van der Waals surface area contributed by atoms with Crippen molar-refractivity contribution >= 4 is 34.9 Å². The Bertz CT molecular complexity index is 1030. The lowest BCUT2D eigenvalue weighted by molar-refractivity contribution is -0.144. The van der Waals surface area contributed by atoms with Crippen LogP contribution in [0, 0.1) is 24.2 Å². The molecule has 2 fully saturated rings. The Hall–Kier alpha value is -1.94. The second-order valence-electron chi connectivity index (χ2n) is 11.3. The van der Waals surface area contributed by atoms with Crippen molar-refractivity contribution in [1.29, 1.82) is 0 Å². The van der Waals surface area contributed by atoms with Gasteiger partial charge >= 0.3 is 0 Å². The van der Waals surface area contributed by atoms with Crippen LogP contribution >= 0.6 is 11.3 Å². The van der Waals surface area contributed by atoms with Gasteiger partial charge in [0.25, 0.3) is 0 Å². The van der Waals surface area contributed by atoms with Gasteiger partial charge in [0, 0.05) is 30.1 Å². The van der Waals surface area contributed by atoms with Gasteiger partial charge < -0.3 is 20.3 Å². The van der Waals surface area contributed by atoms with E-state index in [1.54, 1.807) is 39.0 Å². The normalized spacial score (nSPS) is 36.8. The molecule has 0 bridgehead atoms. The van der Waals surface area contributed by atoms with Crippen LogP contribution < -0.4 is 5.32 Å². The summed E-state index contributed by atoms with van der Waals surface area (Å²) in [7, 11) is 0. The van der Waals surface area contributed by atoms with E-state index in [1.165, 1.54) is 0 Å². The van der Waals surface area contributed by atoms with Crippen molar-refractivity contribution in [3.63, 3.8) is 0 Å². The van der Waals surface area contributed by atoms with Crippen LogP contribution in [0.1, 0.15) is 77.9 Å². The third kappa shape index (κ3) is 6.30. The number of Topliss-reactive ketones (excluding diaryl/α,β-unsaturated/α-hetero) is 2. The number of hydrogen-bond acceptors (Lipinski definition) is 8. The number of hydrogen-bond donors (Lipinski definition) is 3. The smallest absolute Gasteiger partial charge is 0.223 e. The van der Waals surface area contributed by atoms with E-state index in [9.17, 15) is 24.6 Å². The summed E-state index contributed by atoms with van der Waals surface area (Å²) in [5, 5.41) is 27.6. The van der Waals surface area contributed by atoms with Gasteiger partial charge in [-0.15, -0.1) is 11.3 Å². The molecule has 0 saturated carbocycles. The third-order valence-electron chi connectivity index (χ3n) is 8.04. The molecule has 0 aliphatic carbocycles. The SMILES string of the molecule is C/C(=C\c1csc(C)n1)C1CC2OC2(C)CCC(=O)C(C)C(O)C(C)C(=O)C(C)(C)C(O)CC(=O)N1. The molecule has 2 aliphatic heterocycles. The van der Waals surface area contributed by atoms with Crippen molar-refractivity contribution in [2.24, 2.45) is 17.3 Å². The summed E-state index contributed by atoms with van der Waals surface area (Å²) in [5.74, 6) is -2.48. The van der Waals surface area contributed by atoms with E-state index in [0.29, 0.717) is 12.8 Å². The number of aryl methyl sites for hydroxylation is 1. The van der Waals surface area contributed by atoms with Crippen LogP contribution in [0.4, 0.5) is 0 Å². The van der Waals surface area contributed by atoms with Gasteiger partial charge in [0.15, 0.2) is 0 Å². The number of carbonyl (C=O) groups is 3. The molecule has 7 atom stereocenters. The predicted molar refractivity (Wildman–Crippen MR) is 138 cm³/mol. The Morgan fingerprint density at radius 2 is 1.86 bits per heavy atom. The summed E-state index contributed by atoms with van der Waals surface area (Å²) >= 11 is 1.55. The first-order chi connectivity index (χ1) is 16.7. The highest BCUT2D eigenvalue weighted by Gasteiger charge is 2.53. The molecule has 0 aromatic carbocycles. The number of aliphatic hydroxyl groups is 2. The van der Waals surface area contributed by atoms with Crippen molar-refractivity contribution in [3.05, 3.63) is 21.7 Å². The van der Waals surface area contributed by atoms with Gasteiger partial charge in [-0.2, -0.15) is 0 Å².